The zero-order valence-corrected chi connectivity index (χ0v) is 19.5. The van der Waals surface area contributed by atoms with Crippen molar-refractivity contribution in [1.29, 1.82) is 0 Å². The minimum atomic E-state index is -0.204. The Labute approximate surface area is 196 Å². The molecule has 1 aromatic carbocycles. The lowest BCUT2D eigenvalue weighted by atomic mass is 10.0. The van der Waals surface area contributed by atoms with Gasteiger partial charge in [0.25, 0.3) is 11.5 Å². The number of nitrogens with zero attached hydrogens (tertiary/aromatic N) is 5. The molecule has 1 atom stereocenters. The fourth-order valence-electron chi connectivity index (χ4n) is 5.14. The van der Waals surface area contributed by atoms with Gasteiger partial charge in [0.05, 0.1) is 17.5 Å². The summed E-state index contributed by atoms with van der Waals surface area (Å²) in [6.07, 6.45) is 7.44. The first-order valence-electron chi connectivity index (χ1n) is 11.6. The van der Waals surface area contributed by atoms with Crippen LogP contribution in [0.1, 0.15) is 53.0 Å². The lowest BCUT2D eigenvalue weighted by molar-refractivity contribution is 0.0591. The van der Waals surface area contributed by atoms with Gasteiger partial charge in [-0.3, -0.25) is 9.59 Å². The molecule has 0 N–H and O–H groups in total. The molecule has 0 saturated heterocycles. The smallest absolute Gasteiger partial charge is 0.275 e. The number of aryl methyl sites for hydroxylation is 2. The summed E-state index contributed by atoms with van der Waals surface area (Å²) in [5.74, 6) is -0.0201. The van der Waals surface area contributed by atoms with Crippen LogP contribution in [0, 0.1) is 12.7 Å². The van der Waals surface area contributed by atoms with Gasteiger partial charge in [-0.25, -0.2) is 9.37 Å². The zero-order chi connectivity index (χ0) is 23.7. The maximum Gasteiger partial charge on any atom is 0.275 e. The van der Waals surface area contributed by atoms with Crippen LogP contribution in [0.5, 0.6) is 0 Å². The van der Waals surface area contributed by atoms with Crippen LogP contribution < -0.4 is 5.56 Å². The van der Waals surface area contributed by atoms with E-state index in [2.05, 4.69) is 4.98 Å². The van der Waals surface area contributed by atoms with Crippen molar-refractivity contribution >= 4 is 16.8 Å². The molecule has 1 fully saturated rings. The first-order valence-corrected chi connectivity index (χ1v) is 11.6. The number of carbonyl (C=O) groups excluding carboxylic acids is 1. The van der Waals surface area contributed by atoms with E-state index in [1.54, 1.807) is 39.9 Å². The second-order valence-corrected chi connectivity index (χ2v) is 9.65. The second kappa shape index (κ2) is 7.41. The minimum absolute atomic E-state index is 0.151. The topological polar surface area (TPSA) is 65.1 Å². The first kappa shape index (κ1) is 20.9. The van der Waals surface area contributed by atoms with E-state index in [1.165, 1.54) is 0 Å². The van der Waals surface area contributed by atoms with Gasteiger partial charge in [0.15, 0.2) is 0 Å². The summed E-state index contributed by atoms with van der Waals surface area (Å²) in [7, 11) is 1.90. The molecular weight excluding hydrogens is 433 g/mol. The Morgan fingerprint density at radius 3 is 2.65 bits per heavy atom. The van der Waals surface area contributed by atoms with E-state index in [1.807, 2.05) is 42.6 Å². The van der Waals surface area contributed by atoms with Crippen molar-refractivity contribution in [2.24, 2.45) is 7.05 Å². The number of benzene rings is 1. The van der Waals surface area contributed by atoms with Crippen molar-refractivity contribution in [1.82, 2.24) is 23.6 Å². The van der Waals surface area contributed by atoms with Crippen LogP contribution in [0.3, 0.4) is 0 Å². The van der Waals surface area contributed by atoms with Gasteiger partial charge in [-0.15, -0.1) is 0 Å². The van der Waals surface area contributed by atoms with E-state index in [-0.39, 0.29) is 23.3 Å². The number of fused-ring (bicyclic) bond motifs is 2. The maximum absolute atomic E-state index is 14.6. The average Bonchev–Trinajstić information content (AvgIpc) is 3.49. The molecular formula is C26H26FN5O2. The number of hydrogen-bond acceptors (Lipinski definition) is 3. The standard InChI is InChI=1S/C26H26FN5O2/c1-15-10-30(14-28-15)22-6-7-23-26(34)31(16(2)11-32(23)25(22)33)13-18-12-29(3)24-9-21(27)19(8-20(18)24)17-4-5-17/h6-10,12,14,16-17H,4-5,11,13H2,1-3H3/t16-/m1/s1. The van der Waals surface area contributed by atoms with E-state index >= 15 is 0 Å². The number of halogens is 1. The van der Waals surface area contributed by atoms with Gasteiger partial charge in [0, 0.05) is 44.0 Å². The molecule has 0 bridgehead atoms. The van der Waals surface area contributed by atoms with Crippen molar-refractivity contribution in [3.63, 3.8) is 0 Å². The maximum atomic E-state index is 14.6. The molecule has 0 unspecified atom stereocenters. The molecule has 8 heteroatoms. The second-order valence-electron chi connectivity index (χ2n) is 9.65. The van der Waals surface area contributed by atoms with Crippen LogP contribution in [0.25, 0.3) is 16.6 Å². The lowest BCUT2D eigenvalue weighted by Gasteiger charge is -2.35. The summed E-state index contributed by atoms with van der Waals surface area (Å²) in [5, 5.41) is 0.986. The highest BCUT2D eigenvalue weighted by molar-refractivity contribution is 5.94. The number of rotatable bonds is 4. The van der Waals surface area contributed by atoms with Crippen molar-refractivity contribution < 1.29 is 9.18 Å². The van der Waals surface area contributed by atoms with E-state index in [4.69, 9.17) is 0 Å². The normalized spacial score (nSPS) is 18.1. The highest BCUT2D eigenvalue weighted by Crippen LogP contribution is 2.43. The highest BCUT2D eigenvalue weighted by atomic mass is 19.1. The third-order valence-corrected chi connectivity index (χ3v) is 7.15. The number of carbonyl (C=O) groups is 1. The Morgan fingerprint density at radius 1 is 1.15 bits per heavy atom. The summed E-state index contributed by atoms with van der Waals surface area (Å²) in [5.41, 5.74) is 4.06. The van der Waals surface area contributed by atoms with Crippen molar-refractivity contribution in [2.45, 2.75) is 51.7 Å². The number of hydrogen-bond donors (Lipinski definition) is 0. The monoisotopic (exact) mass is 459 g/mol. The Kier molecular flexibility index (Phi) is 4.56. The Balaban J connectivity index is 1.37. The zero-order valence-electron chi connectivity index (χ0n) is 19.5. The predicted octanol–water partition coefficient (Wildman–Crippen LogP) is 3.90. The van der Waals surface area contributed by atoms with Gasteiger partial charge in [-0.2, -0.15) is 0 Å². The van der Waals surface area contributed by atoms with Crippen LogP contribution in [0.2, 0.25) is 0 Å². The van der Waals surface area contributed by atoms with Crippen molar-refractivity contribution in [3.8, 4) is 5.69 Å². The van der Waals surface area contributed by atoms with Gasteiger partial charge in [0.2, 0.25) is 0 Å². The van der Waals surface area contributed by atoms with Crippen LogP contribution in [0.4, 0.5) is 4.39 Å². The number of pyridine rings is 1. The number of imidazole rings is 1. The van der Waals surface area contributed by atoms with Gasteiger partial charge in [0.1, 0.15) is 17.2 Å². The van der Waals surface area contributed by atoms with Crippen molar-refractivity contribution in [2.75, 3.05) is 0 Å². The molecule has 174 valence electrons. The minimum Gasteiger partial charge on any atom is -0.350 e. The summed E-state index contributed by atoms with van der Waals surface area (Å²) in [6.45, 7) is 4.64. The predicted molar refractivity (Wildman–Crippen MR) is 127 cm³/mol. The summed E-state index contributed by atoms with van der Waals surface area (Å²) >= 11 is 0. The van der Waals surface area contributed by atoms with Gasteiger partial charge < -0.3 is 18.6 Å². The summed E-state index contributed by atoms with van der Waals surface area (Å²) < 4.78 is 19.8. The first-order chi connectivity index (χ1) is 16.3. The van der Waals surface area contributed by atoms with E-state index in [9.17, 15) is 14.0 Å². The van der Waals surface area contributed by atoms with E-state index in [0.29, 0.717) is 30.4 Å². The molecule has 34 heavy (non-hydrogen) atoms. The van der Waals surface area contributed by atoms with Crippen LogP contribution in [-0.4, -0.2) is 35.5 Å². The quantitative estimate of drug-likeness (QED) is 0.465. The lowest BCUT2D eigenvalue weighted by Crippen LogP contribution is -2.49. The Hall–Kier alpha value is -3.68. The third-order valence-electron chi connectivity index (χ3n) is 7.15. The van der Waals surface area contributed by atoms with Crippen LogP contribution in [0.15, 0.2) is 47.8 Å². The highest BCUT2D eigenvalue weighted by Gasteiger charge is 2.32. The fraction of sp³-hybridized carbons (Fsp3) is 0.346. The number of aromatic nitrogens is 4. The summed E-state index contributed by atoms with van der Waals surface area (Å²) in [6, 6.07) is 6.81. The van der Waals surface area contributed by atoms with Crippen molar-refractivity contribution in [3.05, 3.63) is 81.7 Å². The molecule has 1 aliphatic heterocycles. The Morgan fingerprint density at radius 2 is 1.94 bits per heavy atom. The van der Waals surface area contributed by atoms with Gasteiger partial charge in [-0.05, 0) is 68.0 Å². The molecule has 1 saturated carbocycles. The van der Waals surface area contributed by atoms with Gasteiger partial charge in [-0.1, -0.05) is 0 Å². The molecule has 3 aromatic heterocycles. The molecule has 7 nitrogen and oxygen atoms in total. The third kappa shape index (κ3) is 3.20. The van der Waals surface area contributed by atoms with Gasteiger partial charge >= 0.3 is 0 Å². The Bertz CT molecular complexity index is 1520. The van der Waals surface area contributed by atoms with E-state index in [0.717, 1.165) is 40.6 Å². The molecule has 0 radical (unpaired) electrons. The largest absolute Gasteiger partial charge is 0.350 e. The van der Waals surface area contributed by atoms with Crippen LogP contribution >= 0.6 is 0 Å². The molecule has 4 aromatic rings. The molecule has 0 spiro atoms. The average molecular weight is 460 g/mol. The molecule has 1 aliphatic carbocycles. The molecule has 2 aliphatic rings. The molecule has 4 heterocycles. The fourth-order valence-corrected chi connectivity index (χ4v) is 5.14. The van der Waals surface area contributed by atoms with E-state index < -0.39 is 0 Å². The SMILES string of the molecule is Cc1cn(-c2ccc3n(c2=O)C[C@@H](C)N(Cc2cn(C)c4cc(F)c(C5CC5)cc24)C3=O)cn1. The van der Waals surface area contributed by atoms with Crippen LogP contribution in [-0.2, 0) is 20.1 Å². The molecule has 1 amide bonds. The summed E-state index contributed by atoms with van der Waals surface area (Å²) in [4.78, 5) is 32.7. The molecule has 6 rings (SSSR count). The number of amides is 1.